The first-order valence-electron chi connectivity index (χ1n) is 9.41. The molecule has 0 unspecified atom stereocenters. The molecule has 1 aliphatic heterocycles. The first-order chi connectivity index (χ1) is 13.5. The van der Waals surface area contributed by atoms with Crippen LogP contribution in [0, 0.1) is 6.92 Å². The molecule has 5 N–H and O–H groups in total. The number of anilines is 3. The van der Waals surface area contributed by atoms with Crippen LogP contribution >= 0.6 is 0 Å². The van der Waals surface area contributed by atoms with Crippen LogP contribution in [-0.2, 0) is 5.60 Å². The standard InChI is InChI=1S/C21H24N6O/c1-14-2-8-17(9-3-14)24-20-26-18(25-19(22)27-20)15-4-6-16(7-5-15)21(28)10-12-23-13-11-21/h2-9,23,28H,10-13H2,1H3,(H3,22,24,25,26,27). The summed E-state index contributed by atoms with van der Waals surface area (Å²) in [4.78, 5) is 12.9. The summed E-state index contributed by atoms with van der Waals surface area (Å²) in [7, 11) is 0. The Morgan fingerprint density at radius 1 is 0.964 bits per heavy atom. The predicted molar refractivity (Wildman–Crippen MR) is 110 cm³/mol. The molecule has 2 heterocycles. The van der Waals surface area contributed by atoms with Crippen LogP contribution in [0.1, 0.15) is 24.0 Å². The van der Waals surface area contributed by atoms with E-state index in [0.717, 1.165) is 29.9 Å². The van der Waals surface area contributed by atoms with Gasteiger partial charge in [0.1, 0.15) is 0 Å². The third kappa shape index (κ3) is 3.95. The lowest BCUT2D eigenvalue weighted by Crippen LogP contribution is -2.39. The van der Waals surface area contributed by atoms with Gasteiger partial charge in [0.25, 0.3) is 0 Å². The largest absolute Gasteiger partial charge is 0.385 e. The number of nitrogens with zero attached hydrogens (tertiary/aromatic N) is 3. The van der Waals surface area contributed by atoms with Crippen molar-refractivity contribution in [2.24, 2.45) is 0 Å². The second-order valence-corrected chi connectivity index (χ2v) is 7.19. The topological polar surface area (TPSA) is 109 Å². The predicted octanol–water partition coefficient (Wildman–Crippen LogP) is 2.74. The summed E-state index contributed by atoms with van der Waals surface area (Å²) >= 11 is 0. The van der Waals surface area contributed by atoms with Crippen molar-refractivity contribution in [3.63, 3.8) is 0 Å². The lowest BCUT2D eigenvalue weighted by atomic mass is 9.85. The van der Waals surface area contributed by atoms with Gasteiger partial charge in [-0.1, -0.05) is 42.0 Å². The zero-order valence-corrected chi connectivity index (χ0v) is 15.8. The molecule has 0 saturated carbocycles. The summed E-state index contributed by atoms with van der Waals surface area (Å²) < 4.78 is 0. The summed E-state index contributed by atoms with van der Waals surface area (Å²) in [5.74, 6) is 1.04. The normalized spacial score (nSPS) is 15.9. The van der Waals surface area contributed by atoms with Crippen LogP contribution in [0.25, 0.3) is 11.4 Å². The molecule has 0 radical (unpaired) electrons. The van der Waals surface area contributed by atoms with E-state index in [0.29, 0.717) is 24.6 Å². The highest BCUT2D eigenvalue weighted by Crippen LogP contribution is 2.31. The number of nitrogen functional groups attached to an aromatic ring is 1. The van der Waals surface area contributed by atoms with E-state index in [-0.39, 0.29) is 5.95 Å². The Morgan fingerprint density at radius 2 is 1.64 bits per heavy atom. The fourth-order valence-electron chi connectivity index (χ4n) is 3.40. The Kier molecular flexibility index (Phi) is 4.93. The summed E-state index contributed by atoms with van der Waals surface area (Å²) in [6.07, 6.45) is 1.41. The lowest BCUT2D eigenvalue weighted by Gasteiger charge is -2.33. The number of aromatic nitrogens is 3. The number of piperidine rings is 1. The Balaban J connectivity index is 1.58. The van der Waals surface area contributed by atoms with Crippen LogP contribution in [0.4, 0.5) is 17.6 Å². The fraction of sp³-hybridized carbons (Fsp3) is 0.286. The van der Waals surface area contributed by atoms with Gasteiger partial charge in [0, 0.05) is 11.3 Å². The number of nitrogens with two attached hydrogens (primary N) is 1. The first kappa shape index (κ1) is 18.3. The molecule has 1 aliphatic rings. The van der Waals surface area contributed by atoms with Gasteiger partial charge in [0.2, 0.25) is 11.9 Å². The number of aliphatic hydroxyl groups is 1. The molecular formula is C21H24N6O. The number of nitrogens with one attached hydrogen (secondary N) is 2. The highest BCUT2D eigenvalue weighted by Gasteiger charge is 2.30. The Labute approximate surface area is 164 Å². The quantitative estimate of drug-likeness (QED) is 0.554. The number of benzene rings is 2. The van der Waals surface area contributed by atoms with Gasteiger partial charge in [-0.15, -0.1) is 0 Å². The van der Waals surface area contributed by atoms with Gasteiger partial charge in [-0.3, -0.25) is 0 Å². The van der Waals surface area contributed by atoms with Crippen LogP contribution in [-0.4, -0.2) is 33.1 Å². The molecule has 0 amide bonds. The Bertz CT molecular complexity index is 950. The third-order valence-electron chi connectivity index (χ3n) is 5.07. The van der Waals surface area contributed by atoms with Crippen LogP contribution in [0.3, 0.4) is 0 Å². The SMILES string of the molecule is Cc1ccc(Nc2nc(N)nc(-c3ccc(C4(O)CCNCC4)cc3)n2)cc1. The van der Waals surface area contributed by atoms with Gasteiger partial charge in [-0.2, -0.15) is 15.0 Å². The molecule has 28 heavy (non-hydrogen) atoms. The molecule has 7 nitrogen and oxygen atoms in total. The van der Waals surface area contributed by atoms with Crippen molar-refractivity contribution in [2.45, 2.75) is 25.4 Å². The highest BCUT2D eigenvalue weighted by molar-refractivity contribution is 5.61. The molecule has 1 saturated heterocycles. The van der Waals surface area contributed by atoms with E-state index in [1.807, 2.05) is 55.5 Å². The monoisotopic (exact) mass is 376 g/mol. The van der Waals surface area contributed by atoms with Gasteiger partial charge < -0.3 is 21.5 Å². The molecule has 0 spiro atoms. The number of aryl methyl sites for hydroxylation is 1. The summed E-state index contributed by atoms with van der Waals surface area (Å²) in [6, 6.07) is 15.7. The van der Waals surface area contributed by atoms with E-state index >= 15 is 0 Å². The number of hydrogen-bond donors (Lipinski definition) is 4. The minimum absolute atomic E-state index is 0.153. The zero-order valence-electron chi connectivity index (χ0n) is 15.8. The summed E-state index contributed by atoms with van der Waals surface area (Å²) in [6.45, 7) is 3.67. The fourth-order valence-corrected chi connectivity index (χ4v) is 3.40. The van der Waals surface area contributed by atoms with Crippen molar-refractivity contribution in [2.75, 3.05) is 24.1 Å². The maximum absolute atomic E-state index is 10.9. The molecule has 7 heteroatoms. The van der Waals surface area contributed by atoms with E-state index in [9.17, 15) is 5.11 Å². The average Bonchev–Trinajstić information content (AvgIpc) is 2.70. The Hall–Kier alpha value is -3.03. The van der Waals surface area contributed by atoms with Crippen molar-refractivity contribution in [3.05, 3.63) is 59.7 Å². The van der Waals surface area contributed by atoms with E-state index in [1.54, 1.807) is 0 Å². The van der Waals surface area contributed by atoms with Gasteiger partial charge in [-0.25, -0.2) is 0 Å². The van der Waals surface area contributed by atoms with E-state index in [4.69, 9.17) is 5.73 Å². The maximum atomic E-state index is 10.9. The molecule has 3 aromatic rings. The molecule has 2 aromatic carbocycles. The number of rotatable bonds is 4. The van der Waals surface area contributed by atoms with Gasteiger partial charge in [-0.05, 0) is 50.6 Å². The van der Waals surface area contributed by atoms with Crippen molar-refractivity contribution >= 4 is 17.6 Å². The van der Waals surface area contributed by atoms with Gasteiger partial charge >= 0.3 is 0 Å². The molecule has 4 rings (SSSR count). The molecule has 0 bridgehead atoms. The Morgan fingerprint density at radius 3 is 2.32 bits per heavy atom. The van der Waals surface area contributed by atoms with Crippen LogP contribution in [0.5, 0.6) is 0 Å². The molecule has 0 atom stereocenters. The van der Waals surface area contributed by atoms with Crippen LogP contribution in [0.15, 0.2) is 48.5 Å². The second kappa shape index (κ2) is 7.53. The first-order valence-corrected chi connectivity index (χ1v) is 9.41. The van der Waals surface area contributed by atoms with Crippen molar-refractivity contribution < 1.29 is 5.11 Å². The molecule has 1 aromatic heterocycles. The minimum Gasteiger partial charge on any atom is -0.385 e. The van der Waals surface area contributed by atoms with Gasteiger partial charge in [0.05, 0.1) is 5.60 Å². The highest BCUT2D eigenvalue weighted by atomic mass is 16.3. The van der Waals surface area contributed by atoms with E-state index in [1.165, 1.54) is 5.56 Å². The van der Waals surface area contributed by atoms with Crippen LogP contribution < -0.4 is 16.4 Å². The molecular weight excluding hydrogens is 352 g/mol. The van der Waals surface area contributed by atoms with Gasteiger partial charge in [0.15, 0.2) is 5.82 Å². The average molecular weight is 376 g/mol. The lowest BCUT2D eigenvalue weighted by molar-refractivity contribution is 0.00595. The minimum atomic E-state index is -0.778. The molecule has 144 valence electrons. The van der Waals surface area contributed by atoms with Crippen molar-refractivity contribution in [1.29, 1.82) is 0 Å². The van der Waals surface area contributed by atoms with Crippen molar-refractivity contribution in [3.8, 4) is 11.4 Å². The zero-order chi connectivity index (χ0) is 19.6. The maximum Gasteiger partial charge on any atom is 0.232 e. The number of hydrogen-bond acceptors (Lipinski definition) is 7. The second-order valence-electron chi connectivity index (χ2n) is 7.19. The van der Waals surface area contributed by atoms with Crippen LogP contribution in [0.2, 0.25) is 0 Å². The van der Waals surface area contributed by atoms with E-state index in [2.05, 4.69) is 25.6 Å². The van der Waals surface area contributed by atoms with Crippen molar-refractivity contribution in [1.82, 2.24) is 20.3 Å². The van der Waals surface area contributed by atoms with E-state index < -0.39 is 5.60 Å². The molecule has 1 fully saturated rings. The molecule has 0 aliphatic carbocycles. The third-order valence-corrected chi connectivity index (χ3v) is 5.07. The summed E-state index contributed by atoms with van der Waals surface area (Å²) in [5, 5.41) is 17.3. The smallest absolute Gasteiger partial charge is 0.232 e. The summed E-state index contributed by atoms with van der Waals surface area (Å²) in [5.41, 5.74) is 8.91.